The van der Waals surface area contributed by atoms with Crippen molar-refractivity contribution >= 4 is 13.8 Å². The zero-order valence-electron chi connectivity index (χ0n) is 7.87. The first-order valence-corrected chi connectivity index (χ1v) is 5.21. The molecule has 84 valence electrons. The number of aliphatic hydroxyl groups is 1. The lowest BCUT2D eigenvalue weighted by Crippen LogP contribution is -2.22. The van der Waals surface area contributed by atoms with Crippen molar-refractivity contribution in [3.63, 3.8) is 0 Å². The van der Waals surface area contributed by atoms with Crippen molar-refractivity contribution in [1.82, 2.24) is 0 Å². The number of phosphoric ester groups is 1. The third-order valence-corrected chi connectivity index (χ3v) is 2.08. The summed E-state index contributed by atoms with van der Waals surface area (Å²) < 4.78 is 23.5. The quantitative estimate of drug-likeness (QED) is 0.474. The van der Waals surface area contributed by atoms with E-state index in [1.807, 2.05) is 0 Å². The maximum absolute atomic E-state index is 10.7. The molecule has 0 amide bonds. The highest BCUT2D eigenvalue weighted by Gasteiger charge is 2.20. The van der Waals surface area contributed by atoms with Crippen molar-refractivity contribution in [3.05, 3.63) is 0 Å². The van der Waals surface area contributed by atoms with E-state index in [4.69, 9.17) is 10.00 Å². The van der Waals surface area contributed by atoms with E-state index >= 15 is 0 Å². The van der Waals surface area contributed by atoms with Gasteiger partial charge in [-0.15, -0.1) is 0 Å². The maximum atomic E-state index is 10.7. The average molecular weight is 228 g/mol. The summed E-state index contributed by atoms with van der Waals surface area (Å²) in [5.74, 6) is -0.553. The molecular formula is C6H13O7P. The monoisotopic (exact) mass is 228 g/mol. The molecule has 0 aliphatic heterocycles. The van der Waals surface area contributed by atoms with Crippen LogP contribution in [0.15, 0.2) is 0 Å². The molecule has 0 aromatic rings. The highest BCUT2D eigenvalue weighted by atomic mass is 31.2. The molecule has 7 nitrogen and oxygen atoms in total. The number of hydrogen-bond acceptors (Lipinski definition) is 6. The van der Waals surface area contributed by atoms with Crippen LogP contribution in [0.2, 0.25) is 0 Å². The molecule has 0 aromatic carbocycles. The van der Waals surface area contributed by atoms with E-state index in [2.05, 4.69) is 13.8 Å². The molecular weight excluding hydrogens is 215 g/mol. The minimum absolute atomic E-state index is 0.293. The molecule has 0 heterocycles. The second-order valence-electron chi connectivity index (χ2n) is 2.40. The van der Waals surface area contributed by atoms with Crippen molar-refractivity contribution < 1.29 is 33.1 Å². The summed E-state index contributed by atoms with van der Waals surface area (Å²) in [6.07, 6.45) is -1.16. The zero-order chi connectivity index (χ0) is 11.2. The van der Waals surface area contributed by atoms with E-state index in [-0.39, 0.29) is 6.61 Å². The topological polar surface area (TPSA) is 102 Å². The summed E-state index contributed by atoms with van der Waals surface area (Å²) in [6, 6.07) is 0. The number of hydrogen-bond donors (Lipinski definition) is 2. The van der Waals surface area contributed by atoms with Crippen LogP contribution in [0.25, 0.3) is 0 Å². The van der Waals surface area contributed by atoms with E-state index in [9.17, 15) is 9.36 Å². The van der Waals surface area contributed by atoms with Gasteiger partial charge in [-0.2, -0.15) is 0 Å². The Labute approximate surface area is 81.2 Å². The van der Waals surface area contributed by atoms with Gasteiger partial charge in [-0.05, 0) is 0 Å². The summed E-state index contributed by atoms with van der Waals surface area (Å²) in [7, 11) is -3.08. The van der Waals surface area contributed by atoms with Crippen LogP contribution in [-0.2, 0) is 23.1 Å². The van der Waals surface area contributed by atoms with Gasteiger partial charge in [0, 0.05) is 14.0 Å². The number of aliphatic hydroxyl groups excluding tert-OH is 1. The van der Waals surface area contributed by atoms with Crippen LogP contribution in [0.3, 0.4) is 0 Å². The number of ether oxygens (including phenoxy) is 1. The molecule has 0 aliphatic rings. The molecule has 0 aromatic heterocycles. The third-order valence-electron chi connectivity index (χ3n) is 1.14. The first kappa shape index (κ1) is 13.5. The van der Waals surface area contributed by atoms with Crippen LogP contribution in [-0.4, -0.2) is 42.4 Å². The van der Waals surface area contributed by atoms with Crippen molar-refractivity contribution in [3.8, 4) is 0 Å². The van der Waals surface area contributed by atoms with Crippen molar-refractivity contribution in [2.75, 3.05) is 20.3 Å². The molecule has 0 spiro atoms. The molecule has 0 saturated carbocycles. The Hall–Kier alpha value is -0.460. The summed E-state index contributed by atoms with van der Waals surface area (Å²) in [6.45, 7) is 0.438. The fourth-order valence-corrected chi connectivity index (χ4v) is 0.960. The van der Waals surface area contributed by atoms with Gasteiger partial charge in [0.25, 0.3) is 0 Å². The van der Waals surface area contributed by atoms with Gasteiger partial charge in [0.15, 0.2) is 0 Å². The Morgan fingerprint density at radius 2 is 2.07 bits per heavy atom. The fourth-order valence-electron chi connectivity index (χ4n) is 0.495. The number of carbonyl (C=O) groups is 1. The summed E-state index contributed by atoms with van der Waals surface area (Å²) in [5, 5.41) is 9.07. The average Bonchev–Trinajstić information content (AvgIpc) is 2.11. The van der Waals surface area contributed by atoms with Crippen LogP contribution in [0, 0.1) is 0 Å². The summed E-state index contributed by atoms with van der Waals surface area (Å²) in [4.78, 5) is 19.0. The smallest absolute Gasteiger partial charge is 0.463 e. The molecule has 2 unspecified atom stereocenters. The third kappa shape index (κ3) is 6.99. The molecule has 14 heavy (non-hydrogen) atoms. The number of esters is 1. The minimum Gasteiger partial charge on any atom is -0.463 e. The number of rotatable bonds is 6. The largest absolute Gasteiger partial charge is 0.472 e. The Morgan fingerprint density at radius 1 is 1.50 bits per heavy atom. The maximum Gasteiger partial charge on any atom is 0.472 e. The lowest BCUT2D eigenvalue weighted by atomic mass is 10.4. The Bertz CT molecular complexity index is 228. The van der Waals surface area contributed by atoms with Gasteiger partial charge >= 0.3 is 13.8 Å². The molecule has 8 heteroatoms. The summed E-state index contributed by atoms with van der Waals surface area (Å²) in [5.41, 5.74) is 0. The highest BCUT2D eigenvalue weighted by Crippen LogP contribution is 2.41. The van der Waals surface area contributed by atoms with Crippen molar-refractivity contribution in [1.29, 1.82) is 0 Å². The van der Waals surface area contributed by atoms with Gasteiger partial charge in [-0.3, -0.25) is 13.8 Å². The van der Waals surface area contributed by atoms with Crippen molar-refractivity contribution in [2.24, 2.45) is 0 Å². The molecule has 0 saturated heterocycles. The van der Waals surface area contributed by atoms with Crippen LogP contribution in [0.5, 0.6) is 0 Å². The Kier molecular flexibility index (Phi) is 5.90. The van der Waals surface area contributed by atoms with Crippen LogP contribution in [0.1, 0.15) is 6.92 Å². The molecule has 0 rings (SSSR count). The predicted octanol–water partition coefficient (Wildman–Crippen LogP) is -0.326. The molecule has 0 fully saturated rings. The Morgan fingerprint density at radius 3 is 2.50 bits per heavy atom. The van der Waals surface area contributed by atoms with Gasteiger partial charge in [0.1, 0.15) is 12.7 Å². The second-order valence-corrected chi connectivity index (χ2v) is 3.96. The first-order valence-electron chi connectivity index (χ1n) is 3.72. The predicted molar refractivity (Wildman–Crippen MR) is 45.4 cm³/mol. The minimum atomic E-state index is -4.08. The lowest BCUT2D eigenvalue weighted by Gasteiger charge is -2.13. The van der Waals surface area contributed by atoms with Crippen LogP contribution < -0.4 is 0 Å². The summed E-state index contributed by atoms with van der Waals surface area (Å²) >= 11 is 0. The van der Waals surface area contributed by atoms with Crippen LogP contribution in [0.4, 0.5) is 0 Å². The van der Waals surface area contributed by atoms with Gasteiger partial charge in [-0.1, -0.05) is 0 Å². The van der Waals surface area contributed by atoms with E-state index in [1.54, 1.807) is 0 Å². The fraction of sp³-hybridized carbons (Fsp3) is 0.833. The lowest BCUT2D eigenvalue weighted by molar-refractivity contribution is -0.144. The van der Waals surface area contributed by atoms with Gasteiger partial charge in [-0.25, -0.2) is 4.57 Å². The zero-order valence-corrected chi connectivity index (χ0v) is 8.77. The number of carbonyl (C=O) groups excluding carboxylic acids is 1. The van der Waals surface area contributed by atoms with E-state index in [0.29, 0.717) is 0 Å². The standard InChI is InChI=1S/C6H13O7P/c1-5(7)12-3-6(8)4-13-14(9,10)11-2/h6,8H,3-4H2,1-2H3,(H,9,10). The SMILES string of the molecule is COP(=O)(O)OCC(O)COC(C)=O. The van der Waals surface area contributed by atoms with E-state index in [0.717, 1.165) is 7.11 Å². The Balaban J connectivity index is 3.68. The number of phosphoric acid groups is 1. The molecule has 2 N–H and O–H groups in total. The molecule has 0 radical (unpaired) electrons. The van der Waals surface area contributed by atoms with Gasteiger partial charge < -0.3 is 14.7 Å². The highest BCUT2D eigenvalue weighted by molar-refractivity contribution is 7.47. The molecule has 0 bridgehead atoms. The normalized spacial score (nSPS) is 17.1. The molecule has 2 atom stereocenters. The van der Waals surface area contributed by atoms with E-state index in [1.165, 1.54) is 6.92 Å². The van der Waals surface area contributed by atoms with Crippen molar-refractivity contribution in [2.45, 2.75) is 13.0 Å². The van der Waals surface area contributed by atoms with E-state index < -0.39 is 26.5 Å². The van der Waals surface area contributed by atoms with Gasteiger partial charge in [0.05, 0.1) is 6.61 Å². The van der Waals surface area contributed by atoms with Crippen LogP contribution >= 0.6 is 7.82 Å². The molecule has 0 aliphatic carbocycles. The van der Waals surface area contributed by atoms with Gasteiger partial charge in [0.2, 0.25) is 0 Å². The second kappa shape index (κ2) is 6.10. The first-order chi connectivity index (χ1) is 6.37.